The predicted molar refractivity (Wildman–Crippen MR) is 127 cm³/mol. The van der Waals surface area contributed by atoms with Crippen molar-refractivity contribution in [3.05, 3.63) is 24.3 Å². The molecule has 182 valence electrons. The second-order valence-corrected chi connectivity index (χ2v) is 13.7. The molecule has 0 aromatic heterocycles. The van der Waals surface area contributed by atoms with E-state index < -0.39 is 17.8 Å². The summed E-state index contributed by atoms with van der Waals surface area (Å²) in [5.41, 5.74) is -0.393. The maximum absolute atomic E-state index is 13.6. The summed E-state index contributed by atoms with van der Waals surface area (Å²) in [6, 6.07) is 0. The van der Waals surface area contributed by atoms with Crippen LogP contribution in [0.3, 0.4) is 0 Å². The fraction of sp³-hybridized carbons (Fsp3) is 0.828. The van der Waals surface area contributed by atoms with Crippen molar-refractivity contribution in [1.82, 2.24) is 0 Å². The van der Waals surface area contributed by atoms with Crippen molar-refractivity contribution in [2.45, 2.75) is 97.4 Å². The minimum Gasteiger partial charge on any atom is -0.453 e. The number of carbonyl (C=O) groups excluding carboxylic acids is 1. The first kappa shape index (κ1) is 22.3. The molecule has 0 aromatic carbocycles. The SMILES string of the molecule is C=C1[C@@H](O)[C@H](O)C[C@]2(C)[C@H]3C=C[C@]45OC(=O)[C@@]6(CC[C@@H](C)C(C)C64)CC[C@@]5(C)[C@]3(C)CC[C@@H]12. The number of aliphatic hydroxyl groups excluding tert-OH is 2. The lowest BCUT2D eigenvalue weighted by Crippen LogP contribution is -2.70. The van der Waals surface area contributed by atoms with Crippen LogP contribution in [0.25, 0.3) is 0 Å². The van der Waals surface area contributed by atoms with Gasteiger partial charge in [0.05, 0.1) is 11.5 Å². The number of fused-ring (bicyclic) bond motifs is 4. The van der Waals surface area contributed by atoms with Gasteiger partial charge in [0.15, 0.2) is 0 Å². The van der Waals surface area contributed by atoms with E-state index in [2.05, 4.69) is 53.3 Å². The molecule has 1 aliphatic heterocycles. The van der Waals surface area contributed by atoms with Crippen LogP contribution in [0.5, 0.6) is 0 Å². The summed E-state index contributed by atoms with van der Waals surface area (Å²) in [5, 5.41) is 21.3. The van der Waals surface area contributed by atoms with Crippen LogP contribution < -0.4 is 0 Å². The molecule has 5 aliphatic carbocycles. The molecule has 4 heteroatoms. The number of hydrogen-bond donors (Lipinski definition) is 2. The highest BCUT2D eigenvalue weighted by Gasteiger charge is 2.80. The molecular formula is C29H42O4. The first-order chi connectivity index (χ1) is 15.4. The maximum Gasteiger partial charge on any atom is 0.313 e. The van der Waals surface area contributed by atoms with E-state index in [1.54, 1.807) is 0 Å². The Morgan fingerprint density at radius 3 is 2.52 bits per heavy atom. The van der Waals surface area contributed by atoms with Gasteiger partial charge in [-0.3, -0.25) is 4.79 Å². The summed E-state index contributed by atoms with van der Waals surface area (Å²) >= 11 is 0. The van der Waals surface area contributed by atoms with Gasteiger partial charge in [-0.05, 0) is 91.1 Å². The van der Waals surface area contributed by atoms with Crippen molar-refractivity contribution >= 4 is 5.97 Å². The van der Waals surface area contributed by atoms with Gasteiger partial charge < -0.3 is 14.9 Å². The van der Waals surface area contributed by atoms with Crippen molar-refractivity contribution in [2.75, 3.05) is 0 Å². The van der Waals surface area contributed by atoms with Crippen LogP contribution in [0.2, 0.25) is 0 Å². The summed E-state index contributed by atoms with van der Waals surface area (Å²) in [5.74, 6) is 1.81. The maximum atomic E-state index is 13.6. The van der Waals surface area contributed by atoms with Crippen molar-refractivity contribution in [2.24, 2.45) is 51.2 Å². The summed E-state index contributed by atoms with van der Waals surface area (Å²) in [4.78, 5) is 13.6. The molecular weight excluding hydrogens is 412 g/mol. The van der Waals surface area contributed by atoms with E-state index >= 15 is 0 Å². The Morgan fingerprint density at radius 1 is 1.06 bits per heavy atom. The molecule has 2 bridgehead atoms. The second kappa shape index (κ2) is 6.35. The van der Waals surface area contributed by atoms with E-state index in [0.29, 0.717) is 18.3 Å². The van der Waals surface area contributed by atoms with Crippen molar-refractivity contribution in [1.29, 1.82) is 0 Å². The monoisotopic (exact) mass is 454 g/mol. The fourth-order valence-electron chi connectivity index (χ4n) is 10.7. The number of hydrogen-bond acceptors (Lipinski definition) is 4. The Labute approximate surface area is 198 Å². The molecule has 0 radical (unpaired) electrons. The molecule has 6 aliphatic rings. The highest BCUT2D eigenvalue weighted by atomic mass is 16.6. The van der Waals surface area contributed by atoms with Crippen LogP contribution in [0.1, 0.15) is 79.6 Å². The smallest absolute Gasteiger partial charge is 0.313 e. The summed E-state index contributed by atoms with van der Waals surface area (Å²) in [6.45, 7) is 16.1. The van der Waals surface area contributed by atoms with Gasteiger partial charge in [0.1, 0.15) is 11.7 Å². The quantitative estimate of drug-likeness (QED) is 0.397. The van der Waals surface area contributed by atoms with Gasteiger partial charge in [0.25, 0.3) is 0 Å². The largest absolute Gasteiger partial charge is 0.453 e. The average molecular weight is 455 g/mol. The summed E-state index contributed by atoms with van der Waals surface area (Å²) in [6.07, 6.45) is 9.76. The number of aliphatic hydroxyl groups is 2. The Balaban J connectivity index is 1.52. The van der Waals surface area contributed by atoms with Gasteiger partial charge in [-0.1, -0.05) is 47.3 Å². The van der Waals surface area contributed by atoms with Gasteiger partial charge in [-0.25, -0.2) is 0 Å². The van der Waals surface area contributed by atoms with Crippen molar-refractivity contribution in [3.63, 3.8) is 0 Å². The predicted octanol–water partition coefficient (Wildman–Crippen LogP) is 5.04. The first-order valence-corrected chi connectivity index (χ1v) is 13.4. The molecule has 12 atom stereocenters. The molecule has 1 heterocycles. The summed E-state index contributed by atoms with van der Waals surface area (Å²) in [7, 11) is 0. The topological polar surface area (TPSA) is 66.8 Å². The van der Waals surface area contributed by atoms with Crippen LogP contribution in [-0.2, 0) is 9.53 Å². The standard InChI is InChI=1S/C29H42O4/c1-16-7-11-28-14-13-27(6)26(5)10-8-19-18(3)22(31)20(30)15-25(19,4)21(26)9-12-29(27,33-24(28)32)23(28)17(16)2/h9,12,16-17,19-23,30-31H,3,7-8,10-11,13-15H2,1-2,4-6H3/t16-,17?,19+,20-,21-,22-,23?,25+,26-,27+,28+,29+/m1/s1. The Kier molecular flexibility index (Phi) is 4.30. The molecule has 0 aromatic rings. The molecule has 1 spiro atoms. The molecule has 4 nitrogen and oxygen atoms in total. The van der Waals surface area contributed by atoms with E-state index in [4.69, 9.17) is 4.74 Å². The lowest BCUT2D eigenvalue weighted by molar-refractivity contribution is -0.231. The number of esters is 1. The minimum atomic E-state index is -0.822. The molecule has 2 N–H and O–H groups in total. The number of allylic oxidation sites excluding steroid dienone is 1. The van der Waals surface area contributed by atoms with Crippen molar-refractivity contribution in [3.8, 4) is 0 Å². The number of ether oxygens (including phenoxy) is 1. The Bertz CT molecular complexity index is 955. The normalized spacial score (nSPS) is 61.5. The lowest BCUT2D eigenvalue weighted by Gasteiger charge is -2.71. The van der Waals surface area contributed by atoms with Gasteiger partial charge in [-0.15, -0.1) is 0 Å². The highest BCUT2D eigenvalue weighted by Crippen LogP contribution is 2.78. The third-order valence-electron chi connectivity index (χ3n) is 12.9. The molecule has 4 saturated carbocycles. The molecule has 1 saturated heterocycles. The zero-order valence-electron chi connectivity index (χ0n) is 21.1. The second-order valence-electron chi connectivity index (χ2n) is 13.7. The molecule has 0 amide bonds. The molecule has 6 rings (SSSR count). The molecule has 2 unspecified atom stereocenters. The lowest BCUT2D eigenvalue weighted by atomic mass is 9.33. The van der Waals surface area contributed by atoms with Gasteiger partial charge >= 0.3 is 5.97 Å². The van der Waals surface area contributed by atoms with E-state index in [1.165, 1.54) is 0 Å². The highest BCUT2D eigenvalue weighted by molar-refractivity contribution is 5.82. The van der Waals surface area contributed by atoms with Crippen molar-refractivity contribution < 1.29 is 19.7 Å². The third kappa shape index (κ3) is 2.21. The van der Waals surface area contributed by atoms with Crippen LogP contribution in [-0.4, -0.2) is 34.0 Å². The zero-order chi connectivity index (χ0) is 23.8. The number of carbonyl (C=O) groups is 1. The zero-order valence-corrected chi connectivity index (χ0v) is 21.1. The van der Waals surface area contributed by atoms with Crippen LogP contribution in [0.15, 0.2) is 24.3 Å². The average Bonchev–Trinajstić information content (AvgIpc) is 2.95. The van der Waals surface area contributed by atoms with Crippen LogP contribution in [0.4, 0.5) is 0 Å². The molecule has 5 fully saturated rings. The van der Waals surface area contributed by atoms with Crippen LogP contribution in [0, 0.1) is 51.2 Å². The number of rotatable bonds is 0. The van der Waals surface area contributed by atoms with E-state index in [1.807, 2.05) is 0 Å². The summed E-state index contributed by atoms with van der Waals surface area (Å²) < 4.78 is 6.65. The Hall–Kier alpha value is -1.13. The Morgan fingerprint density at radius 2 is 1.79 bits per heavy atom. The molecule has 33 heavy (non-hydrogen) atoms. The first-order valence-electron chi connectivity index (χ1n) is 13.4. The third-order valence-corrected chi connectivity index (χ3v) is 12.9. The van der Waals surface area contributed by atoms with Crippen LogP contribution >= 0.6 is 0 Å². The van der Waals surface area contributed by atoms with Gasteiger partial charge in [-0.2, -0.15) is 0 Å². The van der Waals surface area contributed by atoms with E-state index in [-0.39, 0.29) is 45.4 Å². The fourth-order valence-corrected chi connectivity index (χ4v) is 10.7. The van der Waals surface area contributed by atoms with E-state index in [9.17, 15) is 15.0 Å². The van der Waals surface area contributed by atoms with E-state index in [0.717, 1.165) is 44.1 Å². The minimum absolute atomic E-state index is 0.0491. The van der Waals surface area contributed by atoms with Gasteiger partial charge in [0, 0.05) is 11.3 Å². The van der Waals surface area contributed by atoms with Gasteiger partial charge in [0.2, 0.25) is 0 Å².